The second kappa shape index (κ2) is 7.76. The van der Waals surface area contributed by atoms with E-state index in [1.165, 1.54) is 24.3 Å². The molecule has 0 aliphatic carbocycles. The maximum absolute atomic E-state index is 11.7. The lowest BCUT2D eigenvalue weighted by molar-refractivity contribution is -0.156. The highest BCUT2D eigenvalue weighted by molar-refractivity contribution is 14.1. The topological polar surface area (TPSA) is 110 Å². The van der Waals surface area contributed by atoms with Crippen LogP contribution >= 0.6 is 45.2 Å². The minimum Gasteiger partial charge on any atom is -0.744 e. The van der Waals surface area contributed by atoms with Crippen LogP contribution in [-0.4, -0.2) is 24.9 Å². The summed E-state index contributed by atoms with van der Waals surface area (Å²) < 4.78 is 43.4. The van der Waals surface area contributed by atoms with Crippen LogP contribution in [0, 0.1) is 7.14 Å². The smallest absolute Gasteiger partial charge is 0.423 e. The predicted octanol–water partition coefficient (Wildman–Crippen LogP) is 2.31. The quantitative estimate of drug-likeness (QED) is 0.182. The molecular formula is C14H7I2O7S-. The molecule has 0 saturated heterocycles. The van der Waals surface area contributed by atoms with Gasteiger partial charge in [0.2, 0.25) is 0 Å². The highest BCUT2D eigenvalue weighted by atomic mass is 127. The van der Waals surface area contributed by atoms with Gasteiger partial charge in [-0.15, -0.1) is 0 Å². The Labute approximate surface area is 164 Å². The van der Waals surface area contributed by atoms with Gasteiger partial charge < -0.3 is 14.0 Å². The largest absolute Gasteiger partial charge is 0.744 e. The molecule has 0 atom stereocenters. The predicted molar refractivity (Wildman–Crippen MR) is 97.6 cm³/mol. The summed E-state index contributed by atoms with van der Waals surface area (Å²) >= 11 is 3.26. The lowest BCUT2D eigenvalue weighted by Gasteiger charge is -2.13. The van der Waals surface area contributed by atoms with Crippen molar-refractivity contribution >= 4 is 67.2 Å². The van der Waals surface area contributed by atoms with Crippen LogP contribution in [0.15, 0.2) is 47.4 Å². The van der Waals surface area contributed by atoms with E-state index in [4.69, 9.17) is 9.47 Å². The van der Waals surface area contributed by atoms with Crippen molar-refractivity contribution in [2.75, 3.05) is 0 Å². The van der Waals surface area contributed by atoms with Gasteiger partial charge in [-0.25, -0.2) is 18.0 Å². The summed E-state index contributed by atoms with van der Waals surface area (Å²) in [5.41, 5.74) is 0. The Kier molecular flexibility index (Phi) is 6.17. The molecule has 0 saturated carbocycles. The number of rotatable bonds is 3. The van der Waals surface area contributed by atoms with Gasteiger partial charge in [-0.3, -0.25) is 0 Å². The molecule has 2 aromatic rings. The number of carbonyl (C=O) groups excluding carboxylic acids is 2. The normalized spacial score (nSPS) is 11.0. The van der Waals surface area contributed by atoms with E-state index in [0.717, 1.165) is 0 Å². The van der Waals surface area contributed by atoms with Gasteiger partial charge in [0.15, 0.2) is 0 Å². The SMILES string of the molecule is O=C(Oc1ccccc1)C(=O)Oc1cc(I)c(S(=O)(=O)[O-])c(I)c1. The maximum atomic E-state index is 11.7. The van der Waals surface area contributed by atoms with Crippen molar-refractivity contribution in [1.82, 2.24) is 0 Å². The number of halogens is 2. The monoisotopic (exact) mass is 573 g/mol. The minimum absolute atomic E-state index is 0.0775. The molecule has 0 N–H and O–H groups in total. The van der Waals surface area contributed by atoms with Crippen LogP contribution in [0.4, 0.5) is 0 Å². The molecule has 7 nitrogen and oxygen atoms in total. The fourth-order valence-corrected chi connectivity index (χ4v) is 5.54. The number of hydrogen-bond acceptors (Lipinski definition) is 7. The van der Waals surface area contributed by atoms with Gasteiger partial charge in [-0.2, -0.15) is 0 Å². The second-order valence-corrected chi connectivity index (χ2v) is 7.90. The summed E-state index contributed by atoms with van der Waals surface area (Å²) in [5.74, 6) is -2.41. The molecule has 0 spiro atoms. The van der Waals surface area contributed by atoms with Gasteiger partial charge >= 0.3 is 11.9 Å². The Morgan fingerprint density at radius 1 is 0.875 bits per heavy atom. The maximum Gasteiger partial charge on any atom is 0.423 e. The molecule has 24 heavy (non-hydrogen) atoms. The molecule has 0 amide bonds. The Bertz CT molecular complexity index is 872. The first-order valence-corrected chi connectivity index (χ1v) is 9.69. The summed E-state index contributed by atoms with van der Waals surface area (Å²) in [6.07, 6.45) is 0. The number of hydrogen-bond donors (Lipinski definition) is 0. The molecule has 0 aliphatic heterocycles. The molecule has 0 bridgehead atoms. The van der Waals surface area contributed by atoms with Crippen LogP contribution in [0.3, 0.4) is 0 Å². The molecule has 0 unspecified atom stereocenters. The number of benzene rings is 2. The van der Waals surface area contributed by atoms with Crippen molar-refractivity contribution in [1.29, 1.82) is 0 Å². The molecule has 126 valence electrons. The molecule has 0 heterocycles. The van der Waals surface area contributed by atoms with Gasteiger partial charge in [-0.1, -0.05) is 18.2 Å². The summed E-state index contributed by atoms with van der Waals surface area (Å²) in [4.78, 5) is 23.0. The molecule has 2 aromatic carbocycles. The van der Waals surface area contributed by atoms with Crippen molar-refractivity contribution < 1.29 is 32.0 Å². The van der Waals surface area contributed by atoms with E-state index in [9.17, 15) is 22.6 Å². The third-order valence-electron chi connectivity index (χ3n) is 2.55. The van der Waals surface area contributed by atoms with E-state index < -0.39 is 27.0 Å². The van der Waals surface area contributed by atoms with Crippen LogP contribution in [0.2, 0.25) is 0 Å². The van der Waals surface area contributed by atoms with Crippen molar-refractivity contribution in [3.63, 3.8) is 0 Å². The average molecular weight is 573 g/mol. The summed E-state index contributed by atoms with van der Waals surface area (Å²) in [7, 11) is -4.66. The fourth-order valence-electron chi connectivity index (χ4n) is 1.62. The van der Waals surface area contributed by atoms with Gasteiger partial charge in [-0.05, 0) is 69.4 Å². The number of para-hydroxylation sites is 1. The van der Waals surface area contributed by atoms with Gasteiger partial charge in [0.05, 0.1) is 4.90 Å². The molecule has 0 fully saturated rings. The Hall–Kier alpha value is -1.25. The number of ether oxygens (including phenoxy) is 2. The van der Waals surface area contributed by atoms with E-state index in [-0.39, 0.29) is 18.6 Å². The van der Waals surface area contributed by atoms with Crippen molar-refractivity contribution in [3.8, 4) is 11.5 Å². The first-order chi connectivity index (χ1) is 11.2. The summed E-state index contributed by atoms with van der Waals surface area (Å²) in [6, 6.07) is 10.3. The molecule has 0 radical (unpaired) electrons. The van der Waals surface area contributed by atoms with E-state index in [2.05, 4.69) is 0 Å². The van der Waals surface area contributed by atoms with Crippen LogP contribution < -0.4 is 9.47 Å². The average Bonchev–Trinajstić information content (AvgIpc) is 2.45. The Morgan fingerprint density at radius 3 is 1.79 bits per heavy atom. The lowest BCUT2D eigenvalue weighted by atomic mass is 10.3. The molecular weight excluding hydrogens is 566 g/mol. The fraction of sp³-hybridized carbons (Fsp3) is 0. The zero-order chi connectivity index (χ0) is 17.9. The van der Waals surface area contributed by atoms with Gasteiger partial charge in [0.25, 0.3) is 0 Å². The van der Waals surface area contributed by atoms with Crippen LogP contribution in [0.5, 0.6) is 11.5 Å². The van der Waals surface area contributed by atoms with Gasteiger partial charge in [0, 0.05) is 7.14 Å². The Morgan fingerprint density at radius 2 is 1.33 bits per heavy atom. The van der Waals surface area contributed by atoms with E-state index in [0.29, 0.717) is 0 Å². The van der Waals surface area contributed by atoms with E-state index >= 15 is 0 Å². The molecule has 2 rings (SSSR count). The zero-order valence-corrected chi connectivity index (χ0v) is 16.7. The minimum atomic E-state index is -4.66. The summed E-state index contributed by atoms with van der Waals surface area (Å²) in [6.45, 7) is 0. The van der Waals surface area contributed by atoms with E-state index in [1.807, 2.05) is 0 Å². The summed E-state index contributed by atoms with van der Waals surface area (Å²) in [5, 5.41) is 0. The van der Waals surface area contributed by atoms with Crippen molar-refractivity contribution in [2.45, 2.75) is 4.90 Å². The van der Waals surface area contributed by atoms with Crippen molar-refractivity contribution in [3.05, 3.63) is 49.6 Å². The van der Waals surface area contributed by atoms with Crippen molar-refractivity contribution in [2.24, 2.45) is 0 Å². The number of esters is 2. The third-order valence-corrected chi connectivity index (χ3v) is 5.93. The first kappa shape index (κ1) is 19.1. The number of carbonyl (C=O) groups is 2. The van der Waals surface area contributed by atoms with Gasteiger partial charge in [0.1, 0.15) is 21.6 Å². The molecule has 0 aliphatic rings. The van der Waals surface area contributed by atoms with Crippen LogP contribution in [0.1, 0.15) is 0 Å². The third kappa shape index (κ3) is 4.87. The highest BCUT2D eigenvalue weighted by Gasteiger charge is 2.21. The first-order valence-electron chi connectivity index (χ1n) is 6.12. The molecule has 10 heteroatoms. The Balaban J connectivity index is 2.16. The molecule has 0 aromatic heterocycles. The second-order valence-electron chi connectivity index (χ2n) is 4.26. The standard InChI is InChI=1S/C14H8I2O7S/c15-10-6-9(7-11(16)12(10)24(19,20)21)23-14(18)13(17)22-8-4-2-1-3-5-8/h1-7H,(H,19,20,21)/p-1. The zero-order valence-electron chi connectivity index (χ0n) is 11.6. The van der Waals surface area contributed by atoms with E-state index in [1.54, 1.807) is 63.4 Å². The van der Waals surface area contributed by atoms with Crippen LogP contribution in [0.25, 0.3) is 0 Å². The lowest BCUT2D eigenvalue weighted by Crippen LogP contribution is -2.25. The van der Waals surface area contributed by atoms with Crippen LogP contribution in [-0.2, 0) is 19.7 Å². The highest BCUT2D eigenvalue weighted by Crippen LogP contribution is 2.29.